The van der Waals surface area contributed by atoms with E-state index in [1.54, 1.807) is 0 Å². The van der Waals surface area contributed by atoms with Gasteiger partial charge in [-0.3, -0.25) is 20.1 Å². The molecule has 1 saturated heterocycles. The summed E-state index contributed by atoms with van der Waals surface area (Å²) in [5.74, 6) is -0.222. The highest BCUT2D eigenvalue weighted by Crippen LogP contribution is 2.28. The summed E-state index contributed by atoms with van der Waals surface area (Å²) in [6.45, 7) is 4.90. The second kappa shape index (κ2) is 5.87. The van der Waals surface area contributed by atoms with E-state index in [-0.39, 0.29) is 17.5 Å². The molecule has 2 rings (SSSR count). The van der Waals surface area contributed by atoms with Gasteiger partial charge in [0.15, 0.2) is 0 Å². The molecule has 0 unspecified atom stereocenters. The highest BCUT2D eigenvalue weighted by atomic mass is 16.6. The number of likely N-dealkylation sites (tertiary alicyclic amines) is 1. The van der Waals surface area contributed by atoms with Crippen molar-refractivity contribution in [2.24, 2.45) is 0 Å². The monoisotopic (exact) mass is 283 g/mol. The van der Waals surface area contributed by atoms with Crippen LogP contribution in [0.5, 0.6) is 0 Å². The van der Waals surface area contributed by atoms with Crippen molar-refractivity contribution in [2.75, 3.05) is 25.0 Å². The first-order chi connectivity index (χ1) is 9.51. The average Bonchev–Trinajstić information content (AvgIpc) is 2.82. The summed E-state index contributed by atoms with van der Waals surface area (Å²) in [5.41, 5.74) is -0.315. The second-order valence-electron chi connectivity index (χ2n) is 4.70. The van der Waals surface area contributed by atoms with E-state index in [0.29, 0.717) is 0 Å². The van der Waals surface area contributed by atoms with Gasteiger partial charge in [-0.15, -0.1) is 5.10 Å². The van der Waals surface area contributed by atoms with Crippen LogP contribution in [0.25, 0.3) is 0 Å². The number of amides is 1. The summed E-state index contributed by atoms with van der Waals surface area (Å²) in [5, 5.41) is 25.6. The average molecular weight is 283 g/mol. The van der Waals surface area contributed by atoms with Crippen molar-refractivity contribution in [3.8, 4) is 0 Å². The first kappa shape index (κ1) is 14.3. The molecule has 1 amide bonds. The molecule has 9 nitrogen and oxygen atoms in total. The molecule has 2 N–H and O–H groups in total. The Bertz CT molecular complexity index is 507. The molecule has 110 valence electrons. The van der Waals surface area contributed by atoms with Gasteiger partial charge in [-0.2, -0.15) is 0 Å². The molecule has 20 heavy (non-hydrogen) atoms. The Hall–Kier alpha value is -2.16. The molecule has 9 heteroatoms. The number of carboxylic acid groups (broad SMARTS) is 1. The van der Waals surface area contributed by atoms with E-state index < -0.39 is 11.0 Å². The lowest BCUT2D eigenvalue weighted by Gasteiger charge is -2.30. The fourth-order valence-electron chi connectivity index (χ4n) is 2.39. The number of anilines is 1. The maximum Gasteiger partial charge on any atom is 0.410 e. The van der Waals surface area contributed by atoms with Crippen molar-refractivity contribution in [3.05, 3.63) is 16.3 Å². The molecule has 1 aromatic heterocycles. The highest BCUT2D eigenvalue weighted by Gasteiger charge is 2.26. The van der Waals surface area contributed by atoms with E-state index in [4.69, 9.17) is 5.11 Å². The molecular formula is C11H17N5O4. The SMILES string of the molecule is CCN1CCC(n2cc([N+](=O)[O-])c(NC(=O)O)n2)CC1. The Morgan fingerprint density at radius 2 is 2.25 bits per heavy atom. The second-order valence-corrected chi connectivity index (χ2v) is 4.70. The van der Waals surface area contributed by atoms with Crippen LogP contribution in [0, 0.1) is 10.1 Å². The first-order valence-corrected chi connectivity index (χ1v) is 6.47. The Kier molecular flexibility index (Phi) is 4.18. The molecule has 0 spiro atoms. The van der Waals surface area contributed by atoms with Gasteiger partial charge in [0, 0.05) is 13.1 Å². The topological polar surface area (TPSA) is 114 Å². The van der Waals surface area contributed by atoms with Crippen LogP contribution in [0.1, 0.15) is 25.8 Å². The molecule has 0 radical (unpaired) electrons. The van der Waals surface area contributed by atoms with Gasteiger partial charge in [-0.05, 0) is 19.4 Å². The number of carbonyl (C=O) groups is 1. The van der Waals surface area contributed by atoms with E-state index >= 15 is 0 Å². The van der Waals surface area contributed by atoms with Crippen LogP contribution in [0.3, 0.4) is 0 Å². The van der Waals surface area contributed by atoms with Crippen molar-refractivity contribution >= 4 is 17.6 Å². The van der Waals surface area contributed by atoms with E-state index in [1.165, 1.54) is 10.9 Å². The van der Waals surface area contributed by atoms with Crippen LogP contribution in [0.4, 0.5) is 16.3 Å². The van der Waals surface area contributed by atoms with Crippen LogP contribution in [-0.2, 0) is 0 Å². The molecule has 0 aromatic carbocycles. The third-order valence-electron chi connectivity index (χ3n) is 3.51. The van der Waals surface area contributed by atoms with E-state index in [0.717, 1.165) is 32.5 Å². The van der Waals surface area contributed by atoms with Crippen LogP contribution in [-0.4, -0.2) is 50.4 Å². The molecule has 0 saturated carbocycles. The highest BCUT2D eigenvalue weighted by molar-refractivity contribution is 5.84. The smallest absolute Gasteiger partial charge is 0.410 e. The molecule has 0 bridgehead atoms. The molecule has 1 aliphatic heterocycles. The minimum absolute atomic E-state index is 0.0702. The van der Waals surface area contributed by atoms with Gasteiger partial charge in [-0.25, -0.2) is 4.79 Å². The van der Waals surface area contributed by atoms with Crippen molar-refractivity contribution in [1.29, 1.82) is 0 Å². The van der Waals surface area contributed by atoms with E-state index in [9.17, 15) is 14.9 Å². The van der Waals surface area contributed by atoms with Gasteiger partial charge in [0.05, 0.1) is 11.0 Å². The standard InChI is InChI=1S/C11H17N5O4/c1-2-14-5-3-8(4-6-14)15-7-9(16(19)20)10(13-15)12-11(17)18/h7-8H,2-6H2,1H3,(H,12,13)(H,17,18). The van der Waals surface area contributed by atoms with Gasteiger partial charge in [0.25, 0.3) is 0 Å². The summed E-state index contributed by atoms with van der Waals surface area (Å²) in [6.07, 6.45) is 1.63. The third-order valence-corrected chi connectivity index (χ3v) is 3.51. The molecule has 0 atom stereocenters. The lowest BCUT2D eigenvalue weighted by molar-refractivity contribution is -0.384. The number of aromatic nitrogens is 2. The van der Waals surface area contributed by atoms with Gasteiger partial charge in [0.2, 0.25) is 5.82 Å². The number of rotatable bonds is 4. The van der Waals surface area contributed by atoms with Crippen LogP contribution in [0.2, 0.25) is 0 Å². The minimum atomic E-state index is -1.36. The van der Waals surface area contributed by atoms with Crippen LogP contribution in [0.15, 0.2) is 6.20 Å². The first-order valence-electron chi connectivity index (χ1n) is 6.47. The summed E-state index contributed by atoms with van der Waals surface area (Å²) in [7, 11) is 0. The Morgan fingerprint density at radius 1 is 1.60 bits per heavy atom. The molecule has 1 fully saturated rings. The summed E-state index contributed by atoms with van der Waals surface area (Å²) >= 11 is 0. The van der Waals surface area contributed by atoms with Gasteiger partial charge in [0.1, 0.15) is 6.20 Å². The van der Waals surface area contributed by atoms with Crippen molar-refractivity contribution in [3.63, 3.8) is 0 Å². The zero-order valence-electron chi connectivity index (χ0n) is 11.2. The summed E-state index contributed by atoms with van der Waals surface area (Å²) in [6, 6.07) is 0.0702. The zero-order valence-corrected chi connectivity index (χ0v) is 11.2. The number of nitrogens with zero attached hydrogens (tertiary/aromatic N) is 4. The van der Waals surface area contributed by atoms with E-state index in [1.807, 2.05) is 5.32 Å². The van der Waals surface area contributed by atoms with Crippen molar-refractivity contribution in [2.45, 2.75) is 25.8 Å². The minimum Gasteiger partial charge on any atom is -0.465 e. The molecule has 0 aliphatic carbocycles. The predicted molar refractivity (Wildman–Crippen MR) is 70.9 cm³/mol. The Balaban J connectivity index is 2.16. The molecule has 1 aromatic rings. The largest absolute Gasteiger partial charge is 0.465 e. The number of nitro groups is 1. The zero-order chi connectivity index (χ0) is 14.7. The lowest BCUT2D eigenvalue weighted by Crippen LogP contribution is -2.34. The van der Waals surface area contributed by atoms with Crippen molar-refractivity contribution < 1.29 is 14.8 Å². The van der Waals surface area contributed by atoms with Gasteiger partial charge in [-0.1, -0.05) is 6.92 Å². The predicted octanol–water partition coefficient (Wildman–Crippen LogP) is 1.54. The molecule has 2 heterocycles. The summed E-state index contributed by atoms with van der Waals surface area (Å²) < 4.78 is 1.51. The maximum atomic E-state index is 10.9. The number of nitrogens with one attached hydrogen (secondary N) is 1. The van der Waals surface area contributed by atoms with Crippen molar-refractivity contribution in [1.82, 2.24) is 14.7 Å². The third kappa shape index (κ3) is 3.05. The van der Waals surface area contributed by atoms with Crippen LogP contribution >= 0.6 is 0 Å². The van der Waals surface area contributed by atoms with Crippen LogP contribution < -0.4 is 5.32 Å². The lowest BCUT2D eigenvalue weighted by atomic mass is 10.1. The molecule has 1 aliphatic rings. The Morgan fingerprint density at radius 3 is 2.75 bits per heavy atom. The fourth-order valence-corrected chi connectivity index (χ4v) is 2.39. The quantitative estimate of drug-likeness (QED) is 0.640. The molecular weight excluding hydrogens is 266 g/mol. The number of hydrogen-bond acceptors (Lipinski definition) is 5. The Labute approximate surface area is 115 Å². The normalized spacial score (nSPS) is 17.1. The van der Waals surface area contributed by atoms with Gasteiger partial charge < -0.3 is 10.0 Å². The fraction of sp³-hybridized carbons (Fsp3) is 0.636. The number of piperidine rings is 1. The van der Waals surface area contributed by atoms with E-state index in [2.05, 4.69) is 16.9 Å². The number of hydrogen-bond donors (Lipinski definition) is 2. The van der Waals surface area contributed by atoms with Gasteiger partial charge >= 0.3 is 11.8 Å². The summed E-state index contributed by atoms with van der Waals surface area (Å²) in [4.78, 5) is 23.2. The maximum absolute atomic E-state index is 10.9.